The maximum absolute atomic E-state index is 11.7. The molecule has 2 aromatic rings. The molecule has 0 atom stereocenters. The minimum atomic E-state index is -0.203. The Balaban J connectivity index is 2.18. The van der Waals surface area contributed by atoms with Crippen molar-refractivity contribution in [2.24, 2.45) is 7.05 Å². The lowest BCUT2D eigenvalue weighted by molar-refractivity contribution is 0.103. The van der Waals surface area contributed by atoms with Crippen LogP contribution in [0.3, 0.4) is 0 Å². The molecule has 2 heterocycles. The monoisotopic (exact) mass is 222 g/mol. The van der Waals surface area contributed by atoms with E-state index in [4.69, 9.17) is 5.73 Å². The number of nitrogens with zero attached hydrogens (tertiary/aromatic N) is 2. The number of hydrogen-bond donors (Lipinski definition) is 2. The molecule has 0 aliphatic heterocycles. The van der Waals surface area contributed by atoms with Crippen LogP contribution in [0.4, 0.5) is 11.5 Å². The summed E-state index contributed by atoms with van der Waals surface area (Å²) in [7, 11) is 1.76. The van der Waals surface area contributed by atoms with Crippen LogP contribution in [0, 0.1) is 0 Å². The Hall–Kier alpha value is -1.82. The van der Waals surface area contributed by atoms with Gasteiger partial charge in [-0.3, -0.25) is 9.48 Å². The summed E-state index contributed by atoms with van der Waals surface area (Å²) in [5, 5.41) is 8.46. The van der Waals surface area contributed by atoms with E-state index >= 15 is 0 Å². The van der Waals surface area contributed by atoms with Crippen LogP contribution in [0.1, 0.15) is 9.67 Å². The summed E-state index contributed by atoms with van der Waals surface area (Å²) >= 11 is 1.32. The minimum Gasteiger partial charge on any atom is -0.397 e. The van der Waals surface area contributed by atoms with E-state index in [1.54, 1.807) is 35.4 Å². The first-order valence-electron chi connectivity index (χ1n) is 4.31. The van der Waals surface area contributed by atoms with Gasteiger partial charge < -0.3 is 11.1 Å². The number of carbonyl (C=O) groups excluding carboxylic acids is 1. The Morgan fingerprint density at radius 2 is 2.40 bits per heavy atom. The summed E-state index contributed by atoms with van der Waals surface area (Å²) in [6.07, 6.45) is 1.62. The zero-order chi connectivity index (χ0) is 10.8. The van der Waals surface area contributed by atoms with Crippen molar-refractivity contribution >= 4 is 28.7 Å². The van der Waals surface area contributed by atoms with Crippen molar-refractivity contribution in [1.29, 1.82) is 0 Å². The van der Waals surface area contributed by atoms with Gasteiger partial charge in [0.05, 0.1) is 11.9 Å². The van der Waals surface area contributed by atoms with Gasteiger partial charge in [-0.2, -0.15) is 5.10 Å². The molecule has 15 heavy (non-hydrogen) atoms. The van der Waals surface area contributed by atoms with Crippen LogP contribution in [0.2, 0.25) is 0 Å². The van der Waals surface area contributed by atoms with Gasteiger partial charge in [-0.15, -0.1) is 11.3 Å². The molecular weight excluding hydrogens is 212 g/mol. The normalized spacial score (nSPS) is 10.2. The van der Waals surface area contributed by atoms with Gasteiger partial charge in [-0.25, -0.2) is 0 Å². The highest BCUT2D eigenvalue weighted by atomic mass is 32.1. The number of amides is 1. The van der Waals surface area contributed by atoms with Gasteiger partial charge in [0.1, 0.15) is 10.7 Å². The number of nitrogens with one attached hydrogen (secondary N) is 1. The van der Waals surface area contributed by atoms with Crippen LogP contribution < -0.4 is 11.1 Å². The summed E-state index contributed by atoms with van der Waals surface area (Å²) in [6.45, 7) is 0. The second kappa shape index (κ2) is 3.74. The van der Waals surface area contributed by atoms with Crippen molar-refractivity contribution in [3.63, 3.8) is 0 Å². The number of anilines is 2. The third-order valence-electron chi connectivity index (χ3n) is 1.96. The van der Waals surface area contributed by atoms with Gasteiger partial charge in [0.2, 0.25) is 0 Å². The van der Waals surface area contributed by atoms with Crippen molar-refractivity contribution < 1.29 is 4.79 Å². The molecule has 0 saturated carbocycles. The lowest BCUT2D eigenvalue weighted by Crippen LogP contribution is -2.14. The van der Waals surface area contributed by atoms with E-state index in [0.29, 0.717) is 16.4 Å². The van der Waals surface area contributed by atoms with Crippen molar-refractivity contribution in [3.05, 3.63) is 28.6 Å². The first kappa shape index (κ1) is 9.72. The number of hydrogen-bond acceptors (Lipinski definition) is 4. The molecule has 2 rings (SSSR count). The second-order valence-corrected chi connectivity index (χ2v) is 3.92. The third-order valence-corrected chi connectivity index (χ3v) is 2.89. The smallest absolute Gasteiger partial charge is 0.268 e. The molecule has 1 amide bonds. The molecule has 0 unspecified atom stereocenters. The van der Waals surface area contributed by atoms with Crippen LogP contribution >= 0.6 is 11.3 Å². The van der Waals surface area contributed by atoms with Gasteiger partial charge in [-0.05, 0) is 11.4 Å². The highest BCUT2D eigenvalue weighted by Gasteiger charge is 2.12. The molecule has 2 aromatic heterocycles. The fraction of sp³-hybridized carbons (Fsp3) is 0.111. The van der Waals surface area contributed by atoms with Crippen LogP contribution in [0.15, 0.2) is 23.7 Å². The van der Waals surface area contributed by atoms with Crippen molar-refractivity contribution in [2.75, 3.05) is 11.1 Å². The first-order valence-corrected chi connectivity index (χ1v) is 5.19. The second-order valence-electron chi connectivity index (χ2n) is 3.00. The maximum Gasteiger partial charge on any atom is 0.268 e. The Labute approximate surface area is 90.5 Å². The summed E-state index contributed by atoms with van der Waals surface area (Å²) < 4.78 is 1.59. The number of aromatic nitrogens is 2. The fourth-order valence-electron chi connectivity index (χ4n) is 1.17. The Morgan fingerprint density at radius 1 is 1.60 bits per heavy atom. The van der Waals surface area contributed by atoms with E-state index < -0.39 is 0 Å². The predicted molar refractivity (Wildman–Crippen MR) is 59.9 cm³/mol. The molecule has 5 nitrogen and oxygen atoms in total. The average molecular weight is 222 g/mol. The van der Waals surface area contributed by atoms with Crippen molar-refractivity contribution in [3.8, 4) is 0 Å². The number of aryl methyl sites for hydroxylation is 1. The zero-order valence-electron chi connectivity index (χ0n) is 8.10. The summed E-state index contributed by atoms with van der Waals surface area (Å²) in [4.78, 5) is 12.2. The molecule has 0 saturated heterocycles. The van der Waals surface area contributed by atoms with Gasteiger partial charge in [0, 0.05) is 13.1 Å². The van der Waals surface area contributed by atoms with E-state index in [2.05, 4.69) is 10.4 Å². The summed E-state index contributed by atoms with van der Waals surface area (Å²) in [6, 6.07) is 3.44. The van der Waals surface area contributed by atoms with E-state index in [-0.39, 0.29) is 5.91 Å². The largest absolute Gasteiger partial charge is 0.397 e. The lowest BCUT2D eigenvalue weighted by Gasteiger charge is -2.03. The van der Waals surface area contributed by atoms with Crippen LogP contribution in [-0.4, -0.2) is 15.7 Å². The van der Waals surface area contributed by atoms with Gasteiger partial charge in [0.15, 0.2) is 0 Å². The highest BCUT2D eigenvalue weighted by molar-refractivity contribution is 7.12. The van der Waals surface area contributed by atoms with E-state index in [0.717, 1.165) is 0 Å². The number of rotatable bonds is 2. The van der Waals surface area contributed by atoms with Gasteiger partial charge >= 0.3 is 0 Å². The van der Waals surface area contributed by atoms with Crippen molar-refractivity contribution in [1.82, 2.24) is 9.78 Å². The maximum atomic E-state index is 11.7. The molecule has 0 aromatic carbocycles. The molecule has 0 fully saturated rings. The van der Waals surface area contributed by atoms with Crippen LogP contribution in [0.25, 0.3) is 0 Å². The molecule has 0 aliphatic carbocycles. The summed E-state index contributed by atoms with van der Waals surface area (Å²) in [5.41, 5.74) is 6.14. The predicted octanol–water partition coefficient (Wildman–Crippen LogP) is 1.32. The average Bonchev–Trinajstić information content (AvgIpc) is 2.76. The molecule has 0 spiro atoms. The highest BCUT2D eigenvalue weighted by Crippen LogP contribution is 2.20. The number of thiophene rings is 1. The van der Waals surface area contributed by atoms with Crippen molar-refractivity contribution in [2.45, 2.75) is 0 Å². The van der Waals surface area contributed by atoms with E-state index in [1.807, 2.05) is 0 Å². The number of nitrogens with two attached hydrogens (primary N) is 1. The third kappa shape index (κ3) is 1.84. The van der Waals surface area contributed by atoms with E-state index in [9.17, 15) is 4.79 Å². The molecule has 3 N–H and O–H groups in total. The number of carbonyl (C=O) groups is 1. The van der Waals surface area contributed by atoms with E-state index in [1.165, 1.54) is 11.3 Å². The molecule has 6 heteroatoms. The topological polar surface area (TPSA) is 72.9 Å². The Morgan fingerprint density at radius 3 is 2.93 bits per heavy atom. The summed E-state index contributed by atoms with van der Waals surface area (Å²) in [5.74, 6) is 0.443. The first-order chi connectivity index (χ1) is 7.18. The quantitative estimate of drug-likeness (QED) is 0.804. The molecule has 78 valence electrons. The molecule has 0 bridgehead atoms. The van der Waals surface area contributed by atoms with Crippen LogP contribution in [-0.2, 0) is 7.05 Å². The molecule has 0 aliphatic rings. The molecular formula is C9H10N4OS. The minimum absolute atomic E-state index is 0.203. The fourth-order valence-corrected chi connectivity index (χ4v) is 1.89. The lowest BCUT2D eigenvalue weighted by atomic mass is 10.4. The zero-order valence-corrected chi connectivity index (χ0v) is 8.91. The standard InChI is InChI=1S/C9H10N4OS/c1-13-7(2-4-11-13)12-9(14)8-6(10)3-5-15-8/h2-5H,10H2,1H3,(H,12,14). The number of nitrogen functional groups attached to an aromatic ring is 1. The molecule has 0 radical (unpaired) electrons. The Bertz CT molecular complexity index is 488. The Kier molecular flexibility index (Phi) is 2.42. The van der Waals surface area contributed by atoms with Gasteiger partial charge in [0.25, 0.3) is 5.91 Å². The van der Waals surface area contributed by atoms with Crippen LogP contribution in [0.5, 0.6) is 0 Å². The SMILES string of the molecule is Cn1nccc1NC(=O)c1sccc1N. The van der Waals surface area contributed by atoms with Gasteiger partial charge in [-0.1, -0.05) is 0 Å².